The maximum absolute atomic E-state index is 11.4. The molecule has 1 aliphatic heterocycles. The van der Waals surface area contributed by atoms with Crippen LogP contribution < -0.4 is 0 Å². The maximum atomic E-state index is 11.4. The molecule has 1 saturated heterocycles. The Hall–Kier alpha value is -1.19. The van der Waals surface area contributed by atoms with Crippen LogP contribution in [0.1, 0.15) is 27.7 Å². The summed E-state index contributed by atoms with van der Waals surface area (Å²) in [4.78, 5) is 34.0. The molecule has 0 bridgehead atoms. The maximum Gasteiger partial charge on any atom is 0.303 e. The molecule has 9 heteroatoms. The average molecular weight is 383 g/mol. The Kier molecular flexibility index (Phi) is 7.24. The third-order valence-electron chi connectivity index (χ3n) is 3.00. The molecule has 0 aromatic rings. The van der Waals surface area contributed by atoms with E-state index in [1.807, 2.05) is 0 Å². The summed E-state index contributed by atoms with van der Waals surface area (Å²) >= 11 is 2.81. The highest BCUT2D eigenvalue weighted by Gasteiger charge is 2.50. The Bertz CT molecular complexity index is 426. The molecular weight excluding hydrogens is 364 g/mol. The van der Waals surface area contributed by atoms with Gasteiger partial charge in [-0.05, 0) is 6.92 Å². The lowest BCUT2D eigenvalue weighted by Crippen LogP contribution is -2.61. The van der Waals surface area contributed by atoms with E-state index in [1.54, 1.807) is 6.92 Å². The number of carbonyl (C=O) groups is 3. The normalized spacial score (nSPS) is 31.2. The summed E-state index contributed by atoms with van der Waals surface area (Å²) in [5, 5.41) is 0. The second-order valence-corrected chi connectivity index (χ2v) is 5.34. The van der Waals surface area contributed by atoms with E-state index in [1.165, 1.54) is 20.8 Å². The Morgan fingerprint density at radius 3 is 1.82 bits per heavy atom. The van der Waals surface area contributed by atoms with Gasteiger partial charge in [-0.1, -0.05) is 0 Å². The minimum atomic E-state index is -0.985. The minimum Gasteiger partial charge on any atom is -0.456 e. The first-order valence-electron chi connectivity index (χ1n) is 6.67. The molecule has 1 heterocycles. The minimum absolute atomic E-state index is 0.0485. The summed E-state index contributed by atoms with van der Waals surface area (Å²) in [6, 6.07) is 0. The zero-order chi connectivity index (χ0) is 16.9. The van der Waals surface area contributed by atoms with Crippen LogP contribution in [0.25, 0.3) is 0 Å². The van der Waals surface area contributed by atoms with Crippen LogP contribution in [0.15, 0.2) is 0 Å². The van der Waals surface area contributed by atoms with Crippen molar-refractivity contribution in [3.8, 4) is 0 Å². The molecule has 0 spiro atoms. The van der Waals surface area contributed by atoms with Crippen molar-refractivity contribution >= 4 is 34.2 Å². The van der Waals surface area contributed by atoms with Crippen LogP contribution in [-0.2, 0) is 37.2 Å². The van der Waals surface area contributed by atoms with E-state index in [0.717, 1.165) is 0 Å². The summed E-state index contributed by atoms with van der Waals surface area (Å²) in [7, 11) is 0. The number of hydrogen-bond acceptors (Lipinski definition) is 8. The third-order valence-corrected chi connectivity index (χ3v) is 3.26. The highest BCUT2D eigenvalue weighted by Crippen LogP contribution is 2.29. The molecule has 1 aliphatic rings. The molecule has 0 aromatic heterocycles. The van der Waals surface area contributed by atoms with Crippen LogP contribution in [0, 0.1) is 0 Å². The molecule has 126 valence electrons. The van der Waals surface area contributed by atoms with Crippen LogP contribution in [0.4, 0.5) is 0 Å². The highest BCUT2D eigenvalue weighted by atomic mass is 79.9. The Labute approximate surface area is 136 Å². The van der Waals surface area contributed by atoms with E-state index in [-0.39, 0.29) is 6.61 Å². The van der Waals surface area contributed by atoms with Gasteiger partial charge in [-0.3, -0.25) is 14.4 Å². The van der Waals surface area contributed by atoms with Crippen molar-refractivity contribution in [1.82, 2.24) is 0 Å². The van der Waals surface area contributed by atoms with Gasteiger partial charge in [-0.15, -0.1) is 0 Å². The van der Waals surface area contributed by atoms with Gasteiger partial charge < -0.3 is 22.8 Å². The SMILES string of the molecule is CC(=O)O[C@@H]1[C@H](OC(C)=O)[C@H](COBr)OC(C)[C@H]1OC(C)=O. The van der Waals surface area contributed by atoms with Crippen LogP contribution in [0.3, 0.4) is 0 Å². The summed E-state index contributed by atoms with van der Waals surface area (Å²) in [6.45, 7) is 5.37. The van der Waals surface area contributed by atoms with Gasteiger partial charge in [0.2, 0.25) is 0 Å². The van der Waals surface area contributed by atoms with Gasteiger partial charge in [0.1, 0.15) is 6.10 Å². The number of carbonyl (C=O) groups excluding carboxylic acids is 3. The predicted octanol–water partition coefficient (Wildman–Crippen LogP) is 0.895. The summed E-state index contributed by atoms with van der Waals surface area (Å²) in [5.74, 6) is -1.73. The van der Waals surface area contributed by atoms with Crippen molar-refractivity contribution in [1.29, 1.82) is 0 Å². The second kappa shape index (κ2) is 8.44. The Morgan fingerprint density at radius 2 is 1.36 bits per heavy atom. The van der Waals surface area contributed by atoms with Crippen LogP contribution in [0.5, 0.6) is 0 Å². The first-order chi connectivity index (χ1) is 10.3. The van der Waals surface area contributed by atoms with Gasteiger partial charge in [0.05, 0.1) is 29.0 Å². The quantitative estimate of drug-likeness (QED) is 0.510. The second-order valence-electron chi connectivity index (χ2n) is 4.88. The first kappa shape index (κ1) is 18.9. The first-order valence-corrected chi connectivity index (χ1v) is 7.31. The average Bonchev–Trinajstić information content (AvgIpc) is 2.37. The fourth-order valence-electron chi connectivity index (χ4n) is 2.31. The number of ether oxygens (including phenoxy) is 4. The van der Waals surface area contributed by atoms with E-state index < -0.39 is 48.4 Å². The molecule has 0 amide bonds. The van der Waals surface area contributed by atoms with E-state index in [0.29, 0.717) is 0 Å². The van der Waals surface area contributed by atoms with Crippen LogP contribution in [0.2, 0.25) is 0 Å². The molecule has 1 unspecified atom stereocenters. The Morgan fingerprint density at radius 1 is 0.909 bits per heavy atom. The number of hydrogen-bond donors (Lipinski definition) is 0. The molecule has 22 heavy (non-hydrogen) atoms. The van der Waals surface area contributed by atoms with Gasteiger partial charge in [-0.2, -0.15) is 0 Å². The molecule has 0 saturated carbocycles. The van der Waals surface area contributed by atoms with Gasteiger partial charge in [0, 0.05) is 20.8 Å². The van der Waals surface area contributed by atoms with Crippen molar-refractivity contribution in [2.45, 2.75) is 58.2 Å². The van der Waals surface area contributed by atoms with E-state index >= 15 is 0 Å². The van der Waals surface area contributed by atoms with E-state index in [4.69, 9.17) is 22.8 Å². The molecule has 0 aliphatic carbocycles. The monoisotopic (exact) mass is 382 g/mol. The van der Waals surface area contributed by atoms with E-state index in [2.05, 4.69) is 16.3 Å². The van der Waals surface area contributed by atoms with E-state index in [9.17, 15) is 14.4 Å². The topological polar surface area (TPSA) is 97.4 Å². The van der Waals surface area contributed by atoms with Gasteiger partial charge in [-0.25, -0.2) is 0 Å². The van der Waals surface area contributed by atoms with Gasteiger partial charge >= 0.3 is 17.9 Å². The number of esters is 3. The molecule has 0 radical (unpaired) electrons. The standard InChI is InChI=1S/C13H19BrO8/c1-6-11(20-7(2)15)13(22-9(4)17)12(21-8(3)16)10(19-6)5-18-14/h6,10-13H,5H2,1-4H3/t6?,10-,11+,12+,13-/m0/s1. The predicted molar refractivity (Wildman–Crippen MR) is 75.9 cm³/mol. The van der Waals surface area contributed by atoms with Crippen LogP contribution >= 0.6 is 16.3 Å². The summed E-state index contributed by atoms with van der Waals surface area (Å²) in [6.07, 6.45) is -4.10. The highest BCUT2D eigenvalue weighted by molar-refractivity contribution is 9.06. The van der Waals surface area contributed by atoms with Crippen molar-refractivity contribution in [3.63, 3.8) is 0 Å². The number of rotatable bonds is 5. The lowest BCUT2D eigenvalue weighted by Gasteiger charge is -2.43. The molecule has 5 atom stereocenters. The molecule has 8 nitrogen and oxygen atoms in total. The fraction of sp³-hybridized carbons (Fsp3) is 0.769. The fourth-order valence-corrected chi connectivity index (χ4v) is 2.57. The summed E-state index contributed by atoms with van der Waals surface area (Å²) < 4.78 is 26.1. The molecule has 0 aromatic carbocycles. The molecule has 0 N–H and O–H groups in total. The molecular formula is C13H19BrO8. The zero-order valence-corrected chi connectivity index (χ0v) is 14.3. The third kappa shape index (κ3) is 5.22. The van der Waals surface area contributed by atoms with Gasteiger partial charge in [0.25, 0.3) is 0 Å². The van der Waals surface area contributed by atoms with Crippen molar-refractivity contribution in [2.24, 2.45) is 0 Å². The van der Waals surface area contributed by atoms with Crippen molar-refractivity contribution in [2.75, 3.05) is 6.61 Å². The number of halogens is 1. The molecule has 1 rings (SSSR count). The smallest absolute Gasteiger partial charge is 0.303 e. The lowest BCUT2D eigenvalue weighted by molar-refractivity contribution is -0.246. The Balaban J connectivity index is 3.09. The van der Waals surface area contributed by atoms with Crippen molar-refractivity contribution in [3.05, 3.63) is 0 Å². The lowest BCUT2D eigenvalue weighted by atomic mass is 9.95. The largest absolute Gasteiger partial charge is 0.456 e. The molecule has 1 fully saturated rings. The van der Waals surface area contributed by atoms with Gasteiger partial charge in [0.15, 0.2) is 18.3 Å². The van der Waals surface area contributed by atoms with Crippen LogP contribution in [-0.4, -0.2) is 55.0 Å². The zero-order valence-electron chi connectivity index (χ0n) is 12.7. The summed E-state index contributed by atoms with van der Waals surface area (Å²) in [5.41, 5.74) is 0. The van der Waals surface area contributed by atoms with Crippen molar-refractivity contribution < 1.29 is 37.2 Å².